The Morgan fingerprint density at radius 3 is 1.64 bits per heavy atom. The van der Waals surface area contributed by atoms with Gasteiger partial charge in [0.1, 0.15) is 0 Å². The van der Waals surface area contributed by atoms with Gasteiger partial charge in [0, 0.05) is 29.7 Å². The van der Waals surface area contributed by atoms with E-state index in [-0.39, 0.29) is 33.2 Å². The highest BCUT2D eigenvalue weighted by Gasteiger charge is 2.25. The molecular weight excluding hydrogens is 615 g/mol. The lowest BCUT2D eigenvalue weighted by molar-refractivity contribution is 0.0964. The lowest BCUT2D eigenvalue weighted by Crippen LogP contribution is -2.35. The summed E-state index contributed by atoms with van der Waals surface area (Å²) in [6, 6.07) is 13.9. The van der Waals surface area contributed by atoms with Crippen LogP contribution in [0, 0.1) is 0 Å². The van der Waals surface area contributed by atoms with Gasteiger partial charge in [0.2, 0.25) is 10.0 Å². The summed E-state index contributed by atoms with van der Waals surface area (Å²) in [4.78, 5) is 36.2. The van der Waals surface area contributed by atoms with Gasteiger partial charge >= 0.3 is 6.03 Å². The van der Waals surface area contributed by atoms with Crippen molar-refractivity contribution in [1.82, 2.24) is 4.72 Å². The molecule has 4 N–H and O–H groups in total. The number of sulfonamides is 2. The van der Waals surface area contributed by atoms with Crippen LogP contribution in [0.3, 0.4) is 0 Å². The number of primary sulfonamides is 1. The second-order valence-electron chi connectivity index (χ2n) is 11.9. The number of nitrogens with two attached hydrogens (primary N) is 1. The van der Waals surface area contributed by atoms with Gasteiger partial charge in [-0.1, -0.05) is 58.0 Å². The number of ketones is 2. The minimum Gasteiger partial charge on any atom is -0.307 e. The molecule has 2 aliphatic carbocycles. The molecule has 3 aromatic rings. The zero-order chi connectivity index (χ0) is 33.1. The SMILES string of the molecule is CC(C)c1cccc(C(C)C)c1NC(=O)NS(=O)(=O)c1ccc2c(c1)C(=O)CCC2.NS(=O)(=O)c1ccc2c(c1)C(=O)CCC2. The standard InChI is InChI=1S/C23H28N2O4S.C10H11NO3S/c1-14(2)18-8-6-9-19(15(3)4)22(18)24-23(27)25-30(28,29)17-12-11-16-7-5-10-21(26)20(16)13-17;11-15(13,14)8-5-4-7-2-1-3-10(12)9(7)6-8/h6,8-9,11-15H,5,7,10H2,1-4H3,(H2,24,25,27);4-6H,1-3H2,(H2,11,13,14). The average Bonchev–Trinajstić information content (AvgIpc) is 2.96. The van der Waals surface area contributed by atoms with Crippen molar-refractivity contribution >= 4 is 43.3 Å². The van der Waals surface area contributed by atoms with Crippen LogP contribution in [0.25, 0.3) is 0 Å². The Kier molecular flexibility index (Phi) is 10.3. The molecule has 0 aromatic heterocycles. The summed E-state index contributed by atoms with van der Waals surface area (Å²) in [6.45, 7) is 8.07. The molecule has 10 nitrogen and oxygen atoms in total. The molecule has 2 amide bonds. The molecule has 0 saturated carbocycles. The summed E-state index contributed by atoms with van der Waals surface area (Å²) in [7, 11) is -7.83. The quantitative estimate of drug-likeness (QED) is 0.301. The minimum atomic E-state index is -4.12. The summed E-state index contributed by atoms with van der Waals surface area (Å²) in [5, 5.41) is 7.74. The van der Waals surface area contributed by atoms with Crippen molar-refractivity contribution in [2.24, 2.45) is 5.14 Å². The highest BCUT2D eigenvalue weighted by Crippen LogP contribution is 2.32. The summed E-state index contributed by atoms with van der Waals surface area (Å²) in [5.41, 5.74) is 5.21. The normalized spacial score (nSPS) is 14.7. The molecule has 45 heavy (non-hydrogen) atoms. The zero-order valence-corrected chi connectivity index (χ0v) is 27.5. The van der Waals surface area contributed by atoms with E-state index in [4.69, 9.17) is 5.14 Å². The van der Waals surface area contributed by atoms with E-state index in [0.717, 1.165) is 47.9 Å². The van der Waals surface area contributed by atoms with Crippen LogP contribution in [0.5, 0.6) is 0 Å². The van der Waals surface area contributed by atoms with E-state index < -0.39 is 26.1 Å². The number of carbonyl (C=O) groups excluding carboxylic acids is 3. The van der Waals surface area contributed by atoms with Gasteiger partial charge in [0.25, 0.3) is 10.0 Å². The maximum Gasteiger partial charge on any atom is 0.333 e. The van der Waals surface area contributed by atoms with E-state index in [0.29, 0.717) is 29.7 Å². The molecule has 12 heteroatoms. The lowest BCUT2D eigenvalue weighted by atomic mass is 9.91. The van der Waals surface area contributed by atoms with Crippen molar-refractivity contribution < 1.29 is 31.2 Å². The number of hydrogen-bond donors (Lipinski definition) is 3. The molecule has 0 unspecified atom stereocenters. The van der Waals surface area contributed by atoms with Crippen LogP contribution in [0.1, 0.15) is 108 Å². The van der Waals surface area contributed by atoms with Crippen LogP contribution < -0.4 is 15.2 Å². The fraction of sp³-hybridized carbons (Fsp3) is 0.364. The molecular formula is C33H39N3O7S2. The van der Waals surface area contributed by atoms with Crippen LogP contribution in [-0.4, -0.2) is 34.4 Å². The maximum absolute atomic E-state index is 12.8. The first-order valence-electron chi connectivity index (χ1n) is 14.9. The third-order valence-corrected chi connectivity index (χ3v) is 10.2. The van der Waals surface area contributed by atoms with Gasteiger partial charge in [-0.05, 0) is 84.0 Å². The number of rotatable bonds is 6. The van der Waals surface area contributed by atoms with Crippen molar-refractivity contribution in [3.63, 3.8) is 0 Å². The molecule has 0 bridgehead atoms. The third-order valence-electron chi connectivity index (χ3n) is 7.94. The molecule has 0 radical (unpaired) electrons. The van der Waals surface area contributed by atoms with Crippen LogP contribution in [0.15, 0.2) is 64.4 Å². The molecule has 0 fully saturated rings. The number of hydrogen-bond acceptors (Lipinski definition) is 7. The van der Waals surface area contributed by atoms with E-state index in [2.05, 4.69) is 10.0 Å². The van der Waals surface area contributed by atoms with E-state index >= 15 is 0 Å². The largest absolute Gasteiger partial charge is 0.333 e. The molecule has 2 aliphatic rings. The number of urea groups is 1. The molecule has 0 spiro atoms. The molecule has 0 saturated heterocycles. The van der Waals surface area contributed by atoms with E-state index in [1.54, 1.807) is 12.1 Å². The third kappa shape index (κ3) is 8.05. The summed E-state index contributed by atoms with van der Waals surface area (Å²) in [6.07, 6.45) is 4.08. The topological polar surface area (TPSA) is 170 Å². The number of carbonyl (C=O) groups is 3. The monoisotopic (exact) mass is 653 g/mol. The number of benzene rings is 3. The summed E-state index contributed by atoms with van der Waals surface area (Å²) in [5.74, 6) is 0.247. The Morgan fingerprint density at radius 1 is 0.711 bits per heavy atom. The Hall–Kier alpha value is -3.87. The zero-order valence-electron chi connectivity index (χ0n) is 25.8. The molecule has 0 heterocycles. The fourth-order valence-electron chi connectivity index (χ4n) is 5.57. The molecule has 5 rings (SSSR count). The Labute approximate surface area is 264 Å². The van der Waals surface area contributed by atoms with E-state index in [1.165, 1.54) is 24.3 Å². The van der Waals surface area contributed by atoms with Crippen molar-refractivity contribution in [2.45, 2.75) is 87.8 Å². The van der Waals surface area contributed by atoms with Gasteiger partial charge in [-0.25, -0.2) is 31.5 Å². The second kappa shape index (κ2) is 13.6. The summed E-state index contributed by atoms with van der Waals surface area (Å²) < 4.78 is 49.8. The molecule has 240 valence electrons. The van der Waals surface area contributed by atoms with Crippen LogP contribution in [-0.2, 0) is 32.9 Å². The average molecular weight is 654 g/mol. The first kappa shape index (κ1) is 34.0. The number of aryl methyl sites for hydroxylation is 2. The Bertz CT molecular complexity index is 1840. The number of nitrogens with one attached hydrogen (secondary N) is 2. The van der Waals surface area contributed by atoms with Crippen molar-refractivity contribution in [2.75, 3.05) is 5.32 Å². The van der Waals surface area contributed by atoms with Gasteiger partial charge in [-0.3, -0.25) is 9.59 Å². The van der Waals surface area contributed by atoms with Crippen LogP contribution >= 0.6 is 0 Å². The lowest BCUT2D eigenvalue weighted by Gasteiger charge is -2.20. The molecule has 0 aliphatic heterocycles. The predicted molar refractivity (Wildman–Crippen MR) is 173 cm³/mol. The number of para-hydroxylation sites is 1. The summed E-state index contributed by atoms with van der Waals surface area (Å²) >= 11 is 0. The highest BCUT2D eigenvalue weighted by atomic mass is 32.2. The number of anilines is 1. The molecule has 0 atom stereocenters. The van der Waals surface area contributed by atoms with Crippen molar-refractivity contribution in [3.05, 3.63) is 88.0 Å². The number of Topliss-reactive ketones (excluding diaryl/α,β-unsaturated/α-hetero) is 2. The second-order valence-corrected chi connectivity index (χ2v) is 15.2. The number of amides is 2. The number of fused-ring (bicyclic) bond motifs is 2. The Balaban J connectivity index is 0.000000256. The fourth-order valence-corrected chi connectivity index (χ4v) is 7.05. The van der Waals surface area contributed by atoms with Crippen molar-refractivity contribution in [1.29, 1.82) is 0 Å². The first-order valence-corrected chi connectivity index (χ1v) is 17.9. The van der Waals surface area contributed by atoms with Gasteiger partial charge in [-0.2, -0.15) is 0 Å². The maximum atomic E-state index is 12.8. The van der Waals surface area contributed by atoms with Gasteiger partial charge in [0.15, 0.2) is 11.6 Å². The van der Waals surface area contributed by atoms with Crippen LogP contribution in [0.4, 0.5) is 10.5 Å². The van der Waals surface area contributed by atoms with Crippen molar-refractivity contribution in [3.8, 4) is 0 Å². The van der Waals surface area contributed by atoms with Gasteiger partial charge < -0.3 is 5.32 Å². The highest BCUT2D eigenvalue weighted by molar-refractivity contribution is 7.90. The Morgan fingerprint density at radius 2 is 1.18 bits per heavy atom. The molecule has 3 aromatic carbocycles. The van der Waals surface area contributed by atoms with Gasteiger partial charge in [-0.15, -0.1) is 0 Å². The predicted octanol–water partition coefficient (Wildman–Crippen LogP) is 5.82. The van der Waals surface area contributed by atoms with E-state index in [1.807, 2.05) is 45.9 Å². The van der Waals surface area contributed by atoms with Crippen LogP contribution in [0.2, 0.25) is 0 Å². The smallest absolute Gasteiger partial charge is 0.307 e. The minimum absolute atomic E-state index is 0.00162. The van der Waals surface area contributed by atoms with E-state index in [9.17, 15) is 31.2 Å². The van der Waals surface area contributed by atoms with Gasteiger partial charge in [0.05, 0.1) is 9.79 Å². The first-order chi connectivity index (χ1) is 21.1.